The van der Waals surface area contributed by atoms with Gasteiger partial charge in [-0.1, -0.05) is 30.3 Å². The molecule has 0 amide bonds. The average Bonchev–Trinajstić information content (AvgIpc) is 2.82. The van der Waals surface area contributed by atoms with Crippen LogP contribution in [0.1, 0.15) is 11.1 Å². The van der Waals surface area contributed by atoms with E-state index in [-0.39, 0.29) is 0 Å². The predicted octanol–water partition coefficient (Wildman–Crippen LogP) is 3.18. The minimum atomic E-state index is 0.553. The molecule has 0 bridgehead atoms. The van der Waals surface area contributed by atoms with Gasteiger partial charge in [-0.2, -0.15) is 14.7 Å². The number of nitrogens with zero attached hydrogens (tertiary/aromatic N) is 3. The van der Waals surface area contributed by atoms with Crippen molar-refractivity contribution in [1.29, 1.82) is 5.26 Å². The van der Waals surface area contributed by atoms with Crippen molar-refractivity contribution >= 4 is 34.5 Å². The van der Waals surface area contributed by atoms with Crippen LogP contribution in [0.15, 0.2) is 40.5 Å². The number of nitrogens with one attached hydrogen (secondary N) is 1. The number of aromatic nitrogens is 1. The lowest BCUT2D eigenvalue weighted by atomic mass is 10.2. The molecule has 4 nitrogen and oxygen atoms in total. The molecular formula is C12H10N4S2. The molecular weight excluding hydrogens is 264 g/mol. The first-order valence-corrected chi connectivity index (χ1v) is 7.13. The van der Waals surface area contributed by atoms with Crippen LogP contribution in [0.2, 0.25) is 0 Å². The number of rotatable bonds is 4. The van der Waals surface area contributed by atoms with E-state index in [1.807, 2.05) is 36.6 Å². The number of benzene rings is 1. The smallest absolute Gasteiger partial charge is 0.148 e. The maximum absolute atomic E-state index is 9.05. The highest BCUT2D eigenvalue weighted by Gasteiger charge is 2.11. The zero-order chi connectivity index (χ0) is 12.8. The summed E-state index contributed by atoms with van der Waals surface area (Å²) in [5, 5.41) is 14.6. The van der Waals surface area contributed by atoms with Gasteiger partial charge in [-0.25, -0.2) is 0 Å². The molecule has 2 rings (SSSR count). The summed E-state index contributed by atoms with van der Waals surface area (Å²) in [7, 11) is 0. The number of hydrazone groups is 1. The van der Waals surface area contributed by atoms with Crippen LogP contribution in [0.3, 0.4) is 0 Å². The number of nitriles is 1. The van der Waals surface area contributed by atoms with Gasteiger partial charge in [-0.3, -0.25) is 5.43 Å². The second-order valence-corrected chi connectivity index (χ2v) is 4.86. The fourth-order valence-corrected chi connectivity index (χ4v) is 2.71. The number of anilines is 1. The highest BCUT2D eigenvalue weighted by Crippen LogP contribution is 2.29. The monoisotopic (exact) mass is 274 g/mol. The summed E-state index contributed by atoms with van der Waals surface area (Å²) in [6.07, 6.45) is 3.60. The molecule has 2 aromatic rings. The van der Waals surface area contributed by atoms with Crippen molar-refractivity contribution in [1.82, 2.24) is 4.37 Å². The van der Waals surface area contributed by atoms with Gasteiger partial charge in [0, 0.05) is 0 Å². The lowest BCUT2D eigenvalue weighted by molar-refractivity contribution is 1.25. The fraction of sp³-hybridized carbons (Fsp3) is 0.0833. The normalized spacial score (nSPS) is 10.4. The maximum atomic E-state index is 9.05. The number of hydrogen-bond acceptors (Lipinski definition) is 6. The lowest BCUT2D eigenvalue weighted by Crippen LogP contribution is -1.90. The molecule has 0 fully saturated rings. The van der Waals surface area contributed by atoms with Crippen LogP contribution in [0.25, 0.3) is 0 Å². The molecule has 0 unspecified atom stereocenters. The van der Waals surface area contributed by atoms with Gasteiger partial charge in [0.05, 0.1) is 6.21 Å². The standard InChI is InChI=1S/C12H10N4S2/c1-17-12-10(7-13)11(18-16-12)15-14-8-9-5-3-2-4-6-9/h2-6,8,15H,1H3/b14-8-. The summed E-state index contributed by atoms with van der Waals surface area (Å²) in [6.45, 7) is 0. The minimum Gasteiger partial charge on any atom is -0.266 e. The average molecular weight is 274 g/mol. The van der Waals surface area contributed by atoms with Crippen LogP contribution < -0.4 is 5.43 Å². The summed E-state index contributed by atoms with van der Waals surface area (Å²) < 4.78 is 4.18. The molecule has 0 atom stereocenters. The molecule has 0 aliphatic carbocycles. The third-order valence-corrected chi connectivity index (χ3v) is 3.69. The molecule has 0 aliphatic heterocycles. The Morgan fingerprint density at radius 3 is 2.89 bits per heavy atom. The fourth-order valence-electron chi connectivity index (χ4n) is 1.29. The highest BCUT2D eigenvalue weighted by molar-refractivity contribution is 7.98. The highest BCUT2D eigenvalue weighted by atomic mass is 32.2. The third-order valence-electron chi connectivity index (χ3n) is 2.15. The van der Waals surface area contributed by atoms with Crippen LogP contribution in [0.4, 0.5) is 5.00 Å². The van der Waals surface area contributed by atoms with Crippen LogP contribution >= 0.6 is 23.3 Å². The van der Waals surface area contributed by atoms with E-state index >= 15 is 0 Å². The van der Waals surface area contributed by atoms with Gasteiger partial charge in [-0.05, 0) is 23.4 Å². The van der Waals surface area contributed by atoms with E-state index in [4.69, 9.17) is 5.26 Å². The van der Waals surface area contributed by atoms with Gasteiger partial charge >= 0.3 is 0 Å². The topological polar surface area (TPSA) is 61.1 Å². The third kappa shape index (κ3) is 2.88. The molecule has 1 N–H and O–H groups in total. The van der Waals surface area contributed by atoms with Gasteiger partial charge in [0.25, 0.3) is 0 Å². The van der Waals surface area contributed by atoms with E-state index in [1.54, 1.807) is 6.21 Å². The first-order chi connectivity index (χ1) is 8.85. The van der Waals surface area contributed by atoms with Crippen molar-refractivity contribution in [3.8, 4) is 6.07 Å². The first-order valence-electron chi connectivity index (χ1n) is 5.13. The second-order valence-electron chi connectivity index (χ2n) is 3.29. The van der Waals surface area contributed by atoms with Crippen molar-refractivity contribution in [2.45, 2.75) is 5.03 Å². The molecule has 90 valence electrons. The first kappa shape index (κ1) is 12.6. The molecule has 0 aliphatic rings. The molecule has 0 saturated heterocycles. The Bertz CT molecular complexity index is 584. The molecule has 1 aromatic carbocycles. The van der Waals surface area contributed by atoms with E-state index in [9.17, 15) is 0 Å². The zero-order valence-corrected chi connectivity index (χ0v) is 11.3. The molecule has 1 heterocycles. The van der Waals surface area contributed by atoms with E-state index in [1.165, 1.54) is 23.3 Å². The lowest BCUT2D eigenvalue weighted by Gasteiger charge is -1.95. The predicted molar refractivity (Wildman–Crippen MR) is 76.3 cm³/mol. The van der Waals surface area contributed by atoms with Crippen molar-refractivity contribution in [2.75, 3.05) is 11.7 Å². The van der Waals surface area contributed by atoms with Gasteiger partial charge in [0.1, 0.15) is 21.7 Å². The van der Waals surface area contributed by atoms with Crippen LogP contribution in [0, 0.1) is 11.3 Å². The number of hydrogen-bond donors (Lipinski definition) is 1. The van der Waals surface area contributed by atoms with Crippen LogP contribution in [-0.4, -0.2) is 16.8 Å². The molecule has 0 saturated carbocycles. The Labute approximate surface area is 114 Å². The Morgan fingerprint density at radius 2 is 2.22 bits per heavy atom. The quantitative estimate of drug-likeness (QED) is 0.528. The Kier molecular flexibility index (Phi) is 4.34. The summed E-state index contributed by atoms with van der Waals surface area (Å²) >= 11 is 2.70. The summed E-state index contributed by atoms with van der Waals surface area (Å²) in [5.74, 6) is 0. The molecule has 0 spiro atoms. The Balaban J connectivity index is 2.09. The summed E-state index contributed by atoms with van der Waals surface area (Å²) in [5.41, 5.74) is 4.41. The van der Waals surface area contributed by atoms with Crippen molar-refractivity contribution in [3.63, 3.8) is 0 Å². The van der Waals surface area contributed by atoms with E-state index in [0.29, 0.717) is 10.6 Å². The van der Waals surface area contributed by atoms with Crippen LogP contribution in [0.5, 0.6) is 0 Å². The second kappa shape index (κ2) is 6.19. The van der Waals surface area contributed by atoms with E-state index in [2.05, 4.69) is 21.0 Å². The van der Waals surface area contributed by atoms with Crippen LogP contribution in [-0.2, 0) is 0 Å². The Morgan fingerprint density at radius 1 is 1.44 bits per heavy atom. The molecule has 1 aromatic heterocycles. The van der Waals surface area contributed by atoms with Gasteiger partial charge in [0.15, 0.2) is 0 Å². The van der Waals surface area contributed by atoms with Crippen molar-refractivity contribution in [2.24, 2.45) is 5.10 Å². The zero-order valence-electron chi connectivity index (χ0n) is 9.62. The molecule has 18 heavy (non-hydrogen) atoms. The summed E-state index contributed by atoms with van der Waals surface area (Å²) in [6, 6.07) is 11.9. The van der Waals surface area contributed by atoms with E-state index in [0.717, 1.165) is 10.6 Å². The number of thioether (sulfide) groups is 1. The summed E-state index contributed by atoms with van der Waals surface area (Å²) in [4.78, 5) is 0. The van der Waals surface area contributed by atoms with Crippen molar-refractivity contribution < 1.29 is 0 Å². The maximum Gasteiger partial charge on any atom is 0.148 e. The van der Waals surface area contributed by atoms with Gasteiger partial charge in [-0.15, -0.1) is 11.8 Å². The Hall–Kier alpha value is -1.84. The van der Waals surface area contributed by atoms with E-state index < -0.39 is 0 Å². The minimum absolute atomic E-state index is 0.553. The van der Waals surface area contributed by atoms with Gasteiger partial charge < -0.3 is 0 Å². The van der Waals surface area contributed by atoms with Gasteiger partial charge in [0.2, 0.25) is 0 Å². The molecule has 6 heteroatoms. The SMILES string of the molecule is CSc1nsc(N/N=C\c2ccccc2)c1C#N. The largest absolute Gasteiger partial charge is 0.266 e. The van der Waals surface area contributed by atoms with Crippen molar-refractivity contribution in [3.05, 3.63) is 41.5 Å². The molecule has 0 radical (unpaired) electrons.